The van der Waals surface area contributed by atoms with E-state index in [0.717, 1.165) is 16.5 Å². The van der Waals surface area contributed by atoms with Crippen LogP contribution in [0.25, 0.3) is 10.9 Å². The van der Waals surface area contributed by atoms with E-state index in [-0.39, 0.29) is 30.9 Å². The molecule has 0 aliphatic heterocycles. The summed E-state index contributed by atoms with van der Waals surface area (Å²) in [6.07, 6.45) is 0.813. The summed E-state index contributed by atoms with van der Waals surface area (Å²) >= 11 is 0. The highest BCUT2D eigenvalue weighted by atomic mass is 16.4. The van der Waals surface area contributed by atoms with E-state index in [2.05, 4.69) is 20.9 Å². The predicted molar refractivity (Wildman–Crippen MR) is 156 cm³/mol. The number of aliphatic hydroxyl groups excluding tert-OH is 1. The van der Waals surface area contributed by atoms with Gasteiger partial charge >= 0.3 is 5.97 Å². The van der Waals surface area contributed by atoms with Crippen molar-refractivity contribution < 1.29 is 34.5 Å². The highest BCUT2D eigenvalue weighted by Crippen LogP contribution is 2.19. The number of nitrogens with one attached hydrogen (secondary N) is 4. The molecule has 12 heteroatoms. The number of aliphatic hydroxyl groups is 1. The second kappa shape index (κ2) is 14.5. The van der Waals surface area contributed by atoms with E-state index < -0.39 is 54.0 Å². The molecule has 0 saturated heterocycles. The SMILES string of the molecule is CC(C)CC(NC(=O)C(Cc1ccc(O)cc1)NC(=O)C(N)Cc1c[nH]c2ccccc12)C(=O)NC(C(=O)O)C(C)O. The fraction of sp³-hybridized carbons (Fsp3) is 0.400. The Morgan fingerprint density at radius 1 is 0.857 bits per heavy atom. The van der Waals surface area contributed by atoms with Gasteiger partial charge in [0.1, 0.15) is 17.8 Å². The number of carboxylic acid groups (broad SMARTS) is 1. The average molecular weight is 582 g/mol. The van der Waals surface area contributed by atoms with Crippen LogP contribution in [0.3, 0.4) is 0 Å². The van der Waals surface area contributed by atoms with E-state index in [9.17, 15) is 34.5 Å². The third-order valence-corrected chi connectivity index (χ3v) is 6.85. The van der Waals surface area contributed by atoms with Gasteiger partial charge in [0, 0.05) is 23.5 Å². The van der Waals surface area contributed by atoms with Crippen molar-refractivity contribution >= 4 is 34.6 Å². The molecule has 0 spiro atoms. The minimum Gasteiger partial charge on any atom is -0.508 e. The molecule has 42 heavy (non-hydrogen) atoms. The Morgan fingerprint density at radius 2 is 1.48 bits per heavy atom. The van der Waals surface area contributed by atoms with Gasteiger partial charge in [-0.05, 0) is 55.0 Å². The minimum atomic E-state index is -1.57. The quantitative estimate of drug-likeness (QED) is 0.137. The first-order valence-corrected chi connectivity index (χ1v) is 13.8. The van der Waals surface area contributed by atoms with Gasteiger partial charge in [-0.15, -0.1) is 0 Å². The number of aromatic hydroxyl groups is 1. The summed E-state index contributed by atoms with van der Waals surface area (Å²) in [6.45, 7) is 4.89. The second-order valence-electron chi connectivity index (χ2n) is 10.9. The lowest BCUT2D eigenvalue weighted by molar-refractivity contribution is -0.145. The van der Waals surface area contributed by atoms with Crippen molar-refractivity contribution in [3.8, 4) is 5.75 Å². The van der Waals surface area contributed by atoms with E-state index in [1.165, 1.54) is 19.1 Å². The van der Waals surface area contributed by atoms with Gasteiger partial charge in [-0.25, -0.2) is 4.79 Å². The van der Waals surface area contributed by atoms with Crippen molar-refractivity contribution in [1.29, 1.82) is 0 Å². The lowest BCUT2D eigenvalue weighted by Gasteiger charge is -2.26. The van der Waals surface area contributed by atoms with E-state index in [0.29, 0.717) is 5.56 Å². The molecule has 3 amide bonds. The summed E-state index contributed by atoms with van der Waals surface area (Å²) in [5, 5.41) is 37.4. The third kappa shape index (κ3) is 8.79. The highest BCUT2D eigenvalue weighted by Gasteiger charge is 2.32. The van der Waals surface area contributed by atoms with Gasteiger partial charge in [0.15, 0.2) is 6.04 Å². The number of aromatic nitrogens is 1. The number of carbonyl (C=O) groups is 4. The van der Waals surface area contributed by atoms with Crippen molar-refractivity contribution in [3.63, 3.8) is 0 Å². The molecule has 1 aromatic heterocycles. The molecule has 0 aliphatic carbocycles. The van der Waals surface area contributed by atoms with E-state index in [4.69, 9.17) is 5.73 Å². The number of carboxylic acids is 1. The van der Waals surface area contributed by atoms with Crippen molar-refractivity contribution in [1.82, 2.24) is 20.9 Å². The number of para-hydroxylation sites is 1. The maximum absolute atomic E-state index is 13.5. The molecule has 2 aromatic carbocycles. The molecule has 5 atom stereocenters. The van der Waals surface area contributed by atoms with Gasteiger partial charge in [-0.3, -0.25) is 14.4 Å². The molecule has 0 bridgehead atoms. The number of carbonyl (C=O) groups excluding carboxylic acids is 3. The van der Waals surface area contributed by atoms with Gasteiger partial charge in [0.2, 0.25) is 17.7 Å². The van der Waals surface area contributed by atoms with Crippen LogP contribution in [-0.4, -0.2) is 74.3 Å². The summed E-state index contributed by atoms with van der Waals surface area (Å²) in [5.41, 5.74) is 8.63. The predicted octanol–water partition coefficient (Wildman–Crippen LogP) is 0.952. The van der Waals surface area contributed by atoms with Gasteiger partial charge in [0.25, 0.3) is 0 Å². The third-order valence-electron chi connectivity index (χ3n) is 6.85. The van der Waals surface area contributed by atoms with Crippen LogP contribution in [0.5, 0.6) is 5.75 Å². The zero-order valence-electron chi connectivity index (χ0n) is 23.8. The average Bonchev–Trinajstić information content (AvgIpc) is 3.33. The first-order valence-electron chi connectivity index (χ1n) is 13.8. The number of fused-ring (bicyclic) bond motifs is 1. The first kappa shape index (κ1) is 32.1. The number of benzene rings is 2. The fourth-order valence-corrected chi connectivity index (χ4v) is 4.60. The lowest BCUT2D eigenvalue weighted by Crippen LogP contribution is -2.59. The van der Waals surface area contributed by atoms with Crippen molar-refractivity contribution in [2.45, 2.75) is 70.3 Å². The maximum Gasteiger partial charge on any atom is 0.328 e. The molecule has 12 nitrogen and oxygen atoms in total. The van der Waals surface area contributed by atoms with E-state index in [1.807, 2.05) is 38.1 Å². The molecule has 226 valence electrons. The summed E-state index contributed by atoms with van der Waals surface area (Å²) in [5.74, 6) is -3.50. The topological polar surface area (TPSA) is 207 Å². The van der Waals surface area contributed by atoms with Crippen LogP contribution in [0.4, 0.5) is 0 Å². The summed E-state index contributed by atoms with van der Waals surface area (Å²) in [7, 11) is 0. The number of hydrogen-bond acceptors (Lipinski definition) is 7. The monoisotopic (exact) mass is 581 g/mol. The molecule has 1 heterocycles. The number of nitrogens with two attached hydrogens (primary N) is 1. The number of amides is 3. The number of hydrogen-bond donors (Lipinski definition) is 8. The normalized spacial score (nSPS) is 14.9. The molecule has 0 fully saturated rings. The van der Waals surface area contributed by atoms with Crippen molar-refractivity contribution in [2.24, 2.45) is 11.7 Å². The largest absolute Gasteiger partial charge is 0.508 e. The summed E-state index contributed by atoms with van der Waals surface area (Å²) < 4.78 is 0. The van der Waals surface area contributed by atoms with Gasteiger partial charge in [-0.1, -0.05) is 44.2 Å². The number of aliphatic carboxylic acids is 1. The van der Waals surface area contributed by atoms with Crippen LogP contribution in [-0.2, 0) is 32.0 Å². The number of rotatable bonds is 14. The number of phenols is 1. The Labute approximate surface area is 243 Å². The number of H-pyrrole nitrogens is 1. The van der Waals surface area contributed by atoms with Crippen LogP contribution < -0.4 is 21.7 Å². The van der Waals surface area contributed by atoms with Crippen LogP contribution >= 0.6 is 0 Å². The molecule has 0 aliphatic rings. The van der Waals surface area contributed by atoms with Gasteiger partial charge in [-0.2, -0.15) is 0 Å². The zero-order chi connectivity index (χ0) is 31.0. The molecule has 0 radical (unpaired) electrons. The lowest BCUT2D eigenvalue weighted by atomic mass is 10.00. The summed E-state index contributed by atoms with van der Waals surface area (Å²) in [6, 6.07) is 8.85. The summed E-state index contributed by atoms with van der Waals surface area (Å²) in [4.78, 5) is 54.4. The Hall–Kier alpha value is -4.42. The first-order chi connectivity index (χ1) is 19.8. The van der Waals surface area contributed by atoms with Crippen LogP contribution in [0.1, 0.15) is 38.3 Å². The van der Waals surface area contributed by atoms with Crippen LogP contribution in [0.2, 0.25) is 0 Å². The molecule has 0 saturated carbocycles. The van der Waals surface area contributed by atoms with E-state index in [1.54, 1.807) is 18.3 Å². The standard InChI is InChI=1S/C30H39N5O7/c1-16(2)12-24(29(40)35-26(17(3)36)30(41)42)34-28(39)25(13-18-8-10-20(37)11-9-18)33-27(38)22(31)14-19-15-32-23-7-5-4-6-21(19)23/h4-11,15-17,22,24-26,32,36-37H,12-14,31H2,1-3H3,(H,33,38)(H,34,39)(H,35,40)(H,41,42). The molecular formula is C30H39N5O7. The van der Waals surface area contributed by atoms with Gasteiger partial charge in [0.05, 0.1) is 12.1 Å². The van der Waals surface area contributed by atoms with E-state index >= 15 is 0 Å². The van der Waals surface area contributed by atoms with Crippen molar-refractivity contribution in [3.05, 3.63) is 65.9 Å². The zero-order valence-corrected chi connectivity index (χ0v) is 23.8. The molecule has 3 aromatic rings. The van der Waals surface area contributed by atoms with Crippen LogP contribution in [0.15, 0.2) is 54.7 Å². The van der Waals surface area contributed by atoms with Crippen LogP contribution in [0, 0.1) is 5.92 Å². The Balaban J connectivity index is 1.80. The maximum atomic E-state index is 13.5. The number of phenolic OH excluding ortho intramolecular Hbond substituents is 1. The fourth-order valence-electron chi connectivity index (χ4n) is 4.60. The molecule has 3 rings (SSSR count). The molecule has 9 N–H and O–H groups in total. The Bertz CT molecular complexity index is 1390. The van der Waals surface area contributed by atoms with Gasteiger partial charge < -0.3 is 42.0 Å². The second-order valence-corrected chi connectivity index (χ2v) is 10.9. The molecule has 5 unspecified atom stereocenters. The minimum absolute atomic E-state index is 0.0269. The Kier molecular flexibility index (Phi) is 11.1. The smallest absolute Gasteiger partial charge is 0.328 e. The highest BCUT2D eigenvalue weighted by molar-refractivity contribution is 5.94. The van der Waals surface area contributed by atoms with Crippen molar-refractivity contribution in [2.75, 3.05) is 0 Å². The Morgan fingerprint density at radius 3 is 2.10 bits per heavy atom. The number of aromatic amines is 1. The molecular weight excluding hydrogens is 542 g/mol.